The predicted octanol–water partition coefficient (Wildman–Crippen LogP) is 3.39. The number of hydrogen-bond donors (Lipinski definition) is 1. The standard InChI is InChI=1S/C10H10BrF3O/c1-6(15)4-7-2-3-8(5-9(7)11)10(12,13)14/h2-3,5-6,15H,4H2,1H3/t6-/m1/s1. The summed E-state index contributed by atoms with van der Waals surface area (Å²) in [7, 11) is 0. The molecule has 0 aliphatic heterocycles. The molecule has 15 heavy (non-hydrogen) atoms. The van der Waals surface area contributed by atoms with Crippen molar-refractivity contribution in [3.05, 3.63) is 33.8 Å². The average molecular weight is 283 g/mol. The molecule has 0 saturated carbocycles. The van der Waals surface area contributed by atoms with Crippen LogP contribution in [0.5, 0.6) is 0 Å². The van der Waals surface area contributed by atoms with Crippen LogP contribution in [0.25, 0.3) is 0 Å². The van der Waals surface area contributed by atoms with Crippen LogP contribution < -0.4 is 0 Å². The lowest BCUT2D eigenvalue weighted by Gasteiger charge is -2.11. The molecule has 0 aliphatic rings. The highest BCUT2D eigenvalue weighted by molar-refractivity contribution is 9.10. The number of aliphatic hydroxyl groups excluding tert-OH is 1. The largest absolute Gasteiger partial charge is 0.416 e. The summed E-state index contributed by atoms with van der Waals surface area (Å²) in [6.45, 7) is 1.59. The van der Waals surface area contributed by atoms with Crippen LogP contribution >= 0.6 is 15.9 Å². The first-order valence-corrected chi connectivity index (χ1v) is 5.13. The van der Waals surface area contributed by atoms with Gasteiger partial charge < -0.3 is 5.11 Å². The molecule has 5 heteroatoms. The van der Waals surface area contributed by atoms with E-state index in [2.05, 4.69) is 15.9 Å². The molecule has 1 aromatic carbocycles. The third-order valence-corrected chi connectivity index (χ3v) is 2.63. The number of hydrogen-bond acceptors (Lipinski definition) is 1. The summed E-state index contributed by atoms with van der Waals surface area (Å²) in [4.78, 5) is 0. The van der Waals surface area contributed by atoms with E-state index in [0.29, 0.717) is 16.5 Å². The summed E-state index contributed by atoms with van der Waals surface area (Å²) in [5.74, 6) is 0. The van der Waals surface area contributed by atoms with Crippen LogP contribution in [0, 0.1) is 0 Å². The molecule has 0 aliphatic carbocycles. The van der Waals surface area contributed by atoms with E-state index >= 15 is 0 Å². The molecule has 0 amide bonds. The molecule has 0 fully saturated rings. The van der Waals surface area contributed by atoms with Gasteiger partial charge in [-0.25, -0.2) is 0 Å². The van der Waals surface area contributed by atoms with Crippen LogP contribution in [0.2, 0.25) is 0 Å². The smallest absolute Gasteiger partial charge is 0.393 e. The van der Waals surface area contributed by atoms with Gasteiger partial charge in [0.15, 0.2) is 0 Å². The first kappa shape index (κ1) is 12.5. The lowest BCUT2D eigenvalue weighted by Crippen LogP contribution is -2.08. The first-order valence-electron chi connectivity index (χ1n) is 4.34. The van der Waals surface area contributed by atoms with Crippen molar-refractivity contribution in [2.75, 3.05) is 0 Å². The van der Waals surface area contributed by atoms with Crippen molar-refractivity contribution in [3.63, 3.8) is 0 Å². The van der Waals surface area contributed by atoms with Gasteiger partial charge in [0.05, 0.1) is 11.7 Å². The molecule has 1 atom stereocenters. The number of alkyl halides is 3. The Kier molecular flexibility index (Phi) is 3.78. The van der Waals surface area contributed by atoms with Gasteiger partial charge in [-0.3, -0.25) is 0 Å². The monoisotopic (exact) mass is 282 g/mol. The van der Waals surface area contributed by atoms with Gasteiger partial charge in [0.1, 0.15) is 0 Å². The second-order valence-corrected chi connectivity index (χ2v) is 4.21. The van der Waals surface area contributed by atoms with E-state index in [1.807, 2.05) is 0 Å². The lowest BCUT2D eigenvalue weighted by atomic mass is 10.1. The topological polar surface area (TPSA) is 20.2 Å². The first-order chi connectivity index (χ1) is 6.80. The molecule has 84 valence electrons. The summed E-state index contributed by atoms with van der Waals surface area (Å²) < 4.78 is 37.2. The van der Waals surface area contributed by atoms with E-state index in [9.17, 15) is 13.2 Å². The molecular weight excluding hydrogens is 273 g/mol. The van der Waals surface area contributed by atoms with Crippen molar-refractivity contribution in [2.45, 2.75) is 25.6 Å². The molecule has 0 spiro atoms. The lowest BCUT2D eigenvalue weighted by molar-refractivity contribution is -0.137. The van der Waals surface area contributed by atoms with Gasteiger partial charge in [-0.1, -0.05) is 22.0 Å². The Hall–Kier alpha value is -0.550. The van der Waals surface area contributed by atoms with Crippen molar-refractivity contribution >= 4 is 15.9 Å². The van der Waals surface area contributed by atoms with Gasteiger partial charge in [-0.2, -0.15) is 13.2 Å². The van der Waals surface area contributed by atoms with Gasteiger partial charge in [0.2, 0.25) is 0 Å². The summed E-state index contributed by atoms with van der Waals surface area (Å²) in [6.07, 6.45) is -4.57. The van der Waals surface area contributed by atoms with E-state index in [1.54, 1.807) is 6.92 Å². The molecule has 0 radical (unpaired) electrons. The normalized spacial score (nSPS) is 14.0. The Morgan fingerprint density at radius 1 is 1.40 bits per heavy atom. The maximum atomic E-state index is 12.3. The van der Waals surface area contributed by atoms with Crippen molar-refractivity contribution in [1.29, 1.82) is 0 Å². The highest BCUT2D eigenvalue weighted by atomic mass is 79.9. The minimum atomic E-state index is -4.33. The molecular formula is C10H10BrF3O. The zero-order valence-corrected chi connectivity index (χ0v) is 9.56. The summed E-state index contributed by atoms with van der Waals surface area (Å²) >= 11 is 3.06. The van der Waals surface area contributed by atoms with Crippen molar-refractivity contribution in [1.82, 2.24) is 0 Å². The fraction of sp³-hybridized carbons (Fsp3) is 0.400. The maximum absolute atomic E-state index is 12.3. The molecule has 0 heterocycles. The molecule has 0 aromatic heterocycles. The second-order valence-electron chi connectivity index (χ2n) is 3.36. The molecule has 0 saturated heterocycles. The van der Waals surface area contributed by atoms with Crippen LogP contribution in [0.1, 0.15) is 18.1 Å². The van der Waals surface area contributed by atoms with Gasteiger partial charge >= 0.3 is 6.18 Å². The maximum Gasteiger partial charge on any atom is 0.416 e. The fourth-order valence-electron chi connectivity index (χ4n) is 1.21. The number of aliphatic hydroxyl groups is 1. The number of benzene rings is 1. The van der Waals surface area contributed by atoms with Crippen molar-refractivity contribution in [3.8, 4) is 0 Å². The Morgan fingerprint density at radius 3 is 2.40 bits per heavy atom. The number of rotatable bonds is 2. The van der Waals surface area contributed by atoms with Gasteiger partial charge in [-0.05, 0) is 31.0 Å². The Bertz CT molecular complexity index is 347. The molecule has 0 bridgehead atoms. The van der Waals surface area contributed by atoms with Crippen LogP contribution in [0.15, 0.2) is 22.7 Å². The third kappa shape index (κ3) is 3.50. The van der Waals surface area contributed by atoms with E-state index < -0.39 is 17.8 Å². The molecule has 1 N–H and O–H groups in total. The SMILES string of the molecule is C[C@@H](O)Cc1ccc(C(F)(F)F)cc1Br. The molecule has 0 unspecified atom stereocenters. The fourth-order valence-corrected chi connectivity index (χ4v) is 1.75. The summed E-state index contributed by atoms with van der Waals surface area (Å²) in [5, 5.41) is 9.12. The minimum Gasteiger partial charge on any atom is -0.393 e. The third-order valence-electron chi connectivity index (χ3n) is 1.90. The van der Waals surface area contributed by atoms with E-state index in [1.165, 1.54) is 6.07 Å². The molecule has 1 rings (SSSR count). The van der Waals surface area contributed by atoms with Crippen LogP contribution in [-0.2, 0) is 12.6 Å². The Morgan fingerprint density at radius 2 is 2.00 bits per heavy atom. The Labute approximate surface area is 94.0 Å². The van der Waals surface area contributed by atoms with Gasteiger partial charge in [-0.15, -0.1) is 0 Å². The van der Waals surface area contributed by atoms with Crippen LogP contribution in [-0.4, -0.2) is 11.2 Å². The highest BCUT2D eigenvalue weighted by Gasteiger charge is 2.30. The molecule has 1 aromatic rings. The minimum absolute atomic E-state index is 0.332. The highest BCUT2D eigenvalue weighted by Crippen LogP contribution is 2.32. The van der Waals surface area contributed by atoms with Crippen molar-refractivity contribution < 1.29 is 18.3 Å². The quantitative estimate of drug-likeness (QED) is 0.882. The van der Waals surface area contributed by atoms with E-state index in [-0.39, 0.29) is 0 Å². The summed E-state index contributed by atoms with van der Waals surface area (Å²) in [6, 6.07) is 3.42. The van der Waals surface area contributed by atoms with Gasteiger partial charge in [0, 0.05) is 4.47 Å². The van der Waals surface area contributed by atoms with Crippen molar-refractivity contribution in [2.24, 2.45) is 0 Å². The number of halogens is 4. The van der Waals surface area contributed by atoms with Crippen LogP contribution in [0.3, 0.4) is 0 Å². The Balaban J connectivity index is 2.98. The van der Waals surface area contributed by atoms with E-state index in [4.69, 9.17) is 5.11 Å². The van der Waals surface area contributed by atoms with Gasteiger partial charge in [0.25, 0.3) is 0 Å². The summed E-state index contributed by atoms with van der Waals surface area (Å²) in [5.41, 5.74) is -0.0262. The zero-order chi connectivity index (χ0) is 11.6. The molecule has 1 nitrogen and oxygen atoms in total. The van der Waals surface area contributed by atoms with E-state index in [0.717, 1.165) is 12.1 Å². The zero-order valence-electron chi connectivity index (χ0n) is 7.98. The van der Waals surface area contributed by atoms with Crippen LogP contribution in [0.4, 0.5) is 13.2 Å². The average Bonchev–Trinajstić information content (AvgIpc) is 2.05. The second kappa shape index (κ2) is 4.53. The predicted molar refractivity (Wildman–Crippen MR) is 54.5 cm³/mol.